The fourth-order valence-corrected chi connectivity index (χ4v) is 3.40. The van der Waals surface area contributed by atoms with Crippen molar-refractivity contribution in [3.05, 3.63) is 46.8 Å². The third-order valence-corrected chi connectivity index (χ3v) is 4.64. The van der Waals surface area contributed by atoms with Crippen LogP contribution >= 0.6 is 23.2 Å². The van der Waals surface area contributed by atoms with Crippen molar-refractivity contribution in [2.75, 3.05) is 24.7 Å². The average Bonchev–Trinajstić information content (AvgIpc) is 3.05. The molecule has 0 aliphatic carbocycles. The number of benzene rings is 1. The van der Waals surface area contributed by atoms with E-state index in [2.05, 4.69) is 9.97 Å². The first-order valence-corrected chi connectivity index (χ1v) is 8.27. The second-order valence-electron chi connectivity index (χ2n) is 5.84. The Kier molecular flexibility index (Phi) is 3.67. The number of hydrogen-bond donors (Lipinski definition) is 1. The van der Waals surface area contributed by atoms with Crippen molar-refractivity contribution in [2.24, 2.45) is 0 Å². The molecular formula is C17H14Cl2N6. The van der Waals surface area contributed by atoms with Crippen LogP contribution in [-0.4, -0.2) is 33.4 Å². The lowest BCUT2D eigenvalue weighted by atomic mass is 10.0. The Morgan fingerprint density at radius 3 is 2.52 bits per heavy atom. The average molecular weight is 373 g/mol. The van der Waals surface area contributed by atoms with Crippen molar-refractivity contribution in [1.29, 1.82) is 0 Å². The van der Waals surface area contributed by atoms with Crippen molar-refractivity contribution in [1.82, 2.24) is 19.4 Å². The number of fused-ring (bicyclic) bond motifs is 3. The molecule has 3 aromatic heterocycles. The molecule has 0 aliphatic rings. The molecule has 126 valence electrons. The molecule has 4 aromatic rings. The summed E-state index contributed by atoms with van der Waals surface area (Å²) >= 11 is 12.9. The molecule has 0 spiro atoms. The zero-order chi connectivity index (χ0) is 17.7. The van der Waals surface area contributed by atoms with Crippen LogP contribution in [0.3, 0.4) is 0 Å². The van der Waals surface area contributed by atoms with Crippen LogP contribution in [0.25, 0.3) is 27.8 Å². The highest BCUT2D eigenvalue weighted by Crippen LogP contribution is 2.39. The molecule has 0 aliphatic heterocycles. The molecule has 8 heteroatoms. The number of imidazole rings is 1. The molecule has 4 rings (SSSR count). The van der Waals surface area contributed by atoms with Crippen LogP contribution in [0.5, 0.6) is 0 Å². The first-order chi connectivity index (χ1) is 12.0. The molecule has 0 amide bonds. The van der Waals surface area contributed by atoms with Gasteiger partial charge in [0.1, 0.15) is 29.0 Å². The number of hydrogen-bond acceptors (Lipinski definition) is 5. The molecule has 3 heterocycles. The van der Waals surface area contributed by atoms with Gasteiger partial charge in [0.2, 0.25) is 0 Å². The minimum atomic E-state index is 0.369. The van der Waals surface area contributed by atoms with Crippen LogP contribution in [0.4, 0.5) is 11.6 Å². The fourth-order valence-electron chi connectivity index (χ4n) is 2.80. The Morgan fingerprint density at radius 2 is 1.84 bits per heavy atom. The summed E-state index contributed by atoms with van der Waals surface area (Å²) in [6, 6.07) is 7.30. The fraction of sp³-hybridized carbons (Fsp3) is 0.118. The number of nitrogen functional groups attached to an aromatic ring is 1. The van der Waals surface area contributed by atoms with Gasteiger partial charge < -0.3 is 10.6 Å². The van der Waals surface area contributed by atoms with E-state index in [1.807, 2.05) is 29.5 Å². The van der Waals surface area contributed by atoms with E-state index in [0.29, 0.717) is 38.1 Å². The second kappa shape index (κ2) is 5.75. The number of anilines is 2. The third kappa shape index (κ3) is 2.45. The number of halogens is 2. The lowest BCUT2D eigenvalue weighted by Crippen LogP contribution is -2.12. The summed E-state index contributed by atoms with van der Waals surface area (Å²) in [6.07, 6.45) is 3.33. The molecular weight excluding hydrogens is 359 g/mol. The van der Waals surface area contributed by atoms with Crippen molar-refractivity contribution >= 4 is 51.5 Å². The van der Waals surface area contributed by atoms with Crippen LogP contribution in [0.15, 0.2) is 36.8 Å². The van der Waals surface area contributed by atoms with E-state index in [9.17, 15) is 0 Å². The van der Waals surface area contributed by atoms with Crippen LogP contribution in [-0.2, 0) is 0 Å². The van der Waals surface area contributed by atoms with Crippen LogP contribution in [0, 0.1) is 0 Å². The lowest BCUT2D eigenvalue weighted by molar-refractivity contribution is 1.06. The predicted molar refractivity (Wildman–Crippen MR) is 102 cm³/mol. The SMILES string of the molecule is CN(C)c1cc(-c2c(Cl)cccc2Cl)c2nc(N)c3cncn3c2n1. The van der Waals surface area contributed by atoms with Gasteiger partial charge >= 0.3 is 0 Å². The minimum Gasteiger partial charge on any atom is -0.382 e. The monoisotopic (exact) mass is 372 g/mol. The van der Waals surface area contributed by atoms with Gasteiger partial charge in [0.15, 0.2) is 5.65 Å². The van der Waals surface area contributed by atoms with Crippen molar-refractivity contribution in [3.8, 4) is 11.1 Å². The van der Waals surface area contributed by atoms with Gasteiger partial charge in [-0.3, -0.25) is 4.40 Å². The number of aromatic nitrogens is 4. The second-order valence-corrected chi connectivity index (χ2v) is 6.65. The van der Waals surface area contributed by atoms with Crippen molar-refractivity contribution < 1.29 is 0 Å². The molecule has 0 atom stereocenters. The van der Waals surface area contributed by atoms with E-state index in [0.717, 1.165) is 11.4 Å². The summed E-state index contributed by atoms with van der Waals surface area (Å²) in [5.74, 6) is 1.12. The zero-order valence-electron chi connectivity index (χ0n) is 13.5. The predicted octanol–water partition coefficient (Wildman–Crippen LogP) is 3.90. The van der Waals surface area contributed by atoms with Crippen LogP contribution < -0.4 is 10.6 Å². The Morgan fingerprint density at radius 1 is 1.12 bits per heavy atom. The number of nitrogens with zero attached hydrogens (tertiary/aromatic N) is 5. The maximum atomic E-state index is 6.44. The van der Waals surface area contributed by atoms with Crippen molar-refractivity contribution in [2.45, 2.75) is 0 Å². The Labute approximate surface area is 153 Å². The molecule has 0 fully saturated rings. The summed E-state index contributed by atoms with van der Waals surface area (Å²) in [4.78, 5) is 15.3. The zero-order valence-corrected chi connectivity index (χ0v) is 15.0. The van der Waals surface area contributed by atoms with Crippen molar-refractivity contribution in [3.63, 3.8) is 0 Å². The third-order valence-electron chi connectivity index (χ3n) is 4.01. The summed E-state index contributed by atoms with van der Waals surface area (Å²) in [5.41, 5.74) is 9.54. The molecule has 0 unspecified atom stereocenters. The molecule has 0 radical (unpaired) electrons. The van der Waals surface area contributed by atoms with Gasteiger partial charge in [-0.25, -0.2) is 15.0 Å². The van der Waals surface area contributed by atoms with E-state index in [-0.39, 0.29) is 0 Å². The normalized spacial score (nSPS) is 11.4. The lowest BCUT2D eigenvalue weighted by Gasteiger charge is -2.17. The first-order valence-electron chi connectivity index (χ1n) is 7.51. The Bertz CT molecular complexity index is 1100. The molecule has 6 nitrogen and oxygen atoms in total. The topological polar surface area (TPSA) is 72.3 Å². The molecule has 0 bridgehead atoms. The van der Waals surface area contributed by atoms with Gasteiger partial charge in [0.25, 0.3) is 0 Å². The summed E-state index contributed by atoms with van der Waals surface area (Å²) in [7, 11) is 3.84. The number of pyridine rings is 1. The highest BCUT2D eigenvalue weighted by Gasteiger charge is 2.18. The number of nitrogens with two attached hydrogens (primary N) is 1. The van der Waals surface area contributed by atoms with E-state index in [1.165, 1.54) is 0 Å². The molecule has 0 saturated heterocycles. The number of rotatable bonds is 2. The Balaban J connectivity index is 2.21. The smallest absolute Gasteiger partial charge is 0.167 e. The summed E-state index contributed by atoms with van der Waals surface area (Å²) in [5, 5.41) is 1.08. The van der Waals surface area contributed by atoms with Gasteiger partial charge in [-0.15, -0.1) is 0 Å². The van der Waals surface area contributed by atoms with Gasteiger partial charge in [0.05, 0.1) is 6.20 Å². The van der Waals surface area contributed by atoms with Crippen LogP contribution in [0.1, 0.15) is 0 Å². The van der Waals surface area contributed by atoms with Gasteiger partial charge in [-0.2, -0.15) is 0 Å². The molecule has 2 N–H and O–H groups in total. The van der Waals surface area contributed by atoms with Gasteiger partial charge in [0, 0.05) is 35.3 Å². The van der Waals surface area contributed by atoms with Gasteiger partial charge in [-0.05, 0) is 18.2 Å². The van der Waals surface area contributed by atoms with E-state index >= 15 is 0 Å². The highest BCUT2D eigenvalue weighted by atomic mass is 35.5. The summed E-state index contributed by atoms with van der Waals surface area (Å²) in [6.45, 7) is 0. The highest BCUT2D eigenvalue weighted by molar-refractivity contribution is 6.39. The first kappa shape index (κ1) is 15.9. The standard InChI is InChI=1S/C17H14Cl2N6/c1-24(2)13-6-9(14-10(18)4-3-5-11(14)19)15-17(22-13)25-8-21-7-12(25)16(20)23-15/h3-8H,1-2H3,(H2,20,23). The van der Waals surface area contributed by atoms with E-state index < -0.39 is 0 Å². The summed E-state index contributed by atoms with van der Waals surface area (Å²) < 4.78 is 1.82. The van der Waals surface area contributed by atoms with Gasteiger partial charge in [-0.1, -0.05) is 29.3 Å². The molecule has 1 aromatic carbocycles. The maximum Gasteiger partial charge on any atom is 0.167 e. The largest absolute Gasteiger partial charge is 0.382 e. The van der Waals surface area contributed by atoms with E-state index in [4.69, 9.17) is 33.9 Å². The maximum absolute atomic E-state index is 6.44. The van der Waals surface area contributed by atoms with Crippen LogP contribution in [0.2, 0.25) is 10.0 Å². The minimum absolute atomic E-state index is 0.369. The van der Waals surface area contributed by atoms with E-state index in [1.54, 1.807) is 30.7 Å². The molecule has 0 saturated carbocycles. The quantitative estimate of drug-likeness (QED) is 0.577. The Hall–Kier alpha value is -2.57. The molecule has 25 heavy (non-hydrogen) atoms.